The molecule has 0 atom stereocenters. The van der Waals surface area contributed by atoms with Crippen molar-refractivity contribution in [2.24, 2.45) is 17.1 Å². The number of primary amides is 1. The van der Waals surface area contributed by atoms with Gasteiger partial charge in [-0.2, -0.15) is 0 Å². The fourth-order valence-corrected chi connectivity index (χ4v) is 4.42. The zero-order valence-electron chi connectivity index (χ0n) is 25.2. The molecule has 36 heavy (non-hydrogen) atoms. The monoisotopic (exact) mass is 511 g/mol. The summed E-state index contributed by atoms with van der Waals surface area (Å²) in [6.45, 7) is 10.7. The first-order valence-electron chi connectivity index (χ1n) is 15.6. The lowest BCUT2D eigenvalue weighted by Crippen LogP contribution is -2.31. The summed E-state index contributed by atoms with van der Waals surface area (Å²) in [4.78, 5) is 21.4. The molecule has 0 aliphatic carbocycles. The molecule has 0 saturated carbocycles. The Morgan fingerprint density at radius 2 is 1.00 bits per heavy atom. The maximum Gasteiger partial charge on any atom is 0.303 e. The highest BCUT2D eigenvalue weighted by Crippen LogP contribution is 2.23. The maximum atomic E-state index is 11.1. The number of hydrogen-bond acceptors (Lipinski definition) is 2. The van der Waals surface area contributed by atoms with E-state index >= 15 is 0 Å². The minimum atomic E-state index is -0.654. The first kappa shape index (κ1) is 37.1. The quantitative estimate of drug-likeness (QED) is 0.120. The Bertz CT molecular complexity index is 488. The average Bonchev–Trinajstić information content (AvgIpc) is 2.81. The minimum absolute atomic E-state index is 0.171. The van der Waals surface area contributed by atoms with Crippen LogP contribution in [0.4, 0.5) is 0 Å². The zero-order valence-corrected chi connectivity index (χ0v) is 25.2. The van der Waals surface area contributed by atoms with Gasteiger partial charge in [-0.1, -0.05) is 163 Å². The van der Waals surface area contributed by atoms with E-state index in [2.05, 4.69) is 20.8 Å². The van der Waals surface area contributed by atoms with Crippen LogP contribution in [0.3, 0.4) is 0 Å². The number of unbranched alkanes of at least 4 members (excludes halogenated alkanes) is 18. The number of carboxylic acid groups (broad SMARTS) is 1. The first-order chi connectivity index (χ1) is 17.1. The van der Waals surface area contributed by atoms with Gasteiger partial charge >= 0.3 is 5.97 Å². The number of amides is 1. The lowest BCUT2D eigenvalue weighted by molar-refractivity contribution is -0.137. The number of carbonyl (C=O) groups is 2. The van der Waals surface area contributed by atoms with Gasteiger partial charge in [-0.3, -0.25) is 9.59 Å². The van der Waals surface area contributed by atoms with Gasteiger partial charge in [0.15, 0.2) is 0 Å². The first-order valence-corrected chi connectivity index (χ1v) is 15.6. The molecule has 0 rings (SSSR count). The third kappa shape index (κ3) is 31.0. The molecular formula is C32H65NO3. The number of nitrogens with two attached hydrogens (primary N) is 1. The van der Waals surface area contributed by atoms with Crippen molar-refractivity contribution in [3.8, 4) is 0 Å². The highest BCUT2D eigenvalue weighted by Gasteiger charge is 2.23. The van der Waals surface area contributed by atoms with Gasteiger partial charge in [-0.15, -0.1) is 0 Å². The van der Waals surface area contributed by atoms with E-state index in [1.807, 2.05) is 13.8 Å². The molecule has 1 amide bonds. The molecule has 0 spiro atoms. The molecule has 0 bridgehead atoms. The fraction of sp³-hybridized carbons (Fsp3) is 0.938. The molecular weight excluding hydrogens is 446 g/mol. The molecule has 0 aromatic heterocycles. The van der Waals surface area contributed by atoms with Gasteiger partial charge in [0.1, 0.15) is 0 Å². The van der Waals surface area contributed by atoms with Gasteiger partial charge in [0.25, 0.3) is 0 Å². The van der Waals surface area contributed by atoms with Gasteiger partial charge in [0, 0.05) is 11.8 Å². The number of rotatable bonds is 25. The Labute approximate surface area is 226 Å². The smallest absolute Gasteiger partial charge is 0.303 e. The number of hydrogen-bond donors (Lipinski definition) is 2. The zero-order chi connectivity index (χ0) is 27.5. The molecule has 0 aromatic carbocycles. The van der Waals surface area contributed by atoms with Crippen LogP contribution >= 0.6 is 0 Å². The van der Waals surface area contributed by atoms with Crippen molar-refractivity contribution >= 4 is 11.9 Å². The van der Waals surface area contributed by atoms with Crippen LogP contribution in [-0.2, 0) is 9.59 Å². The van der Waals surface area contributed by atoms with Crippen LogP contribution in [0.2, 0.25) is 0 Å². The minimum Gasteiger partial charge on any atom is -0.481 e. The van der Waals surface area contributed by atoms with Crippen LogP contribution in [0.25, 0.3) is 0 Å². The SMILES string of the molecule is CC(C)CCCCCCCCCCCCCCC(=O)O.CCCCCCCCCCC(C)(C)C(N)=O. The second kappa shape index (κ2) is 27.0. The third-order valence-corrected chi connectivity index (χ3v) is 7.24. The van der Waals surface area contributed by atoms with Crippen LogP contribution in [-0.4, -0.2) is 17.0 Å². The predicted octanol–water partition coefficient (Wildman–Crippen LogP) is 10.2. The van der Waals surface area contributed by atoms with Gasteiger partial charge in [-0.05, 0) is 18.8 Å². The molecule has 4 heteroatoms. The molecule has 0 saturated heterocycles. The van der Waals surface area contributed by atoms with Crippen LogP contribution < -0.4 is 5.73 Å². The van der Waals surface area contributed by atoms with Crippen molar-refractivity contribution in [3.05, 3.63) is 0 Å². The summed E-state index contributed by atoms with van der Waals surface area (Å²) in [7, 11) is 0. The van der Waals surface area contributed by atoms with Crippen molar-refractivity contribution in [1.29, 1.82) is 0 Å². The average molecular weight is 512 g/mol. The van der Waals surface area contributed by atoms with E-state index in [4.69, 9.17) is 10.8 Å². The Balaban J connectivity index is 0. The van der Waals surface area contributed by atoms with Crippen molar-refractivity contribution in [2.75, 3.05) is 0 Å². The number of carboxylic acids is 1. The van der Waals surface area contributed by atoms with Crippen LogP contribution in [0, 0.1) is 11.3 Å². The van der Waals surface area contributed by atoms with Gasteiger partial charge in [0.05, 0.1) is 0 Å². The second-order valence-corrected chi connectivity index (χ2v) is 12.0. The molecule has 0 aromatic rings. The normalized spacial score (nSPS) is 11.4. The molecule has 0 heterocycles. The molecule has 3 N–H and O–H groups in total. The molecule has 0 aliphatic rings. The van der Waals surface area contributed by atoms with Crippen LogP contribution in [0.15, 0.2) is 0 Å². The molecule has 4 nitrogen and oxygen atoms in total. The van der Waals surface area contributed by atoms with E-state index in [0.717, 1.165) is 31.6 Å². The lowest BCUT2D eigenvalue weighted by atomic mass is 9.86. The Hall–Kier alpha value is -1.06. The van der Waals surface area contributed by atoms with Gasteiger partial charge in [0.2, 0.25) is 5.91 Å². The Morgan fingerprint density at radius 3 is 1.36 bits per heavy atom. The summed E-state index contributed by atoms with van der Waals surface area (Å²) in [5, 5.41) is 8.52. The van der Waals surface area contributed by atoms with Crippen molar-refractivity contribution in [2.45, 2.75) is 182 Å². The number of aliphatic carboxylic acids is 1. The fourth-order valence-electron chi connectivity index (χ4n) is 4.42. The largest absolute Gasteiger partial charge is 0.481 e. The number of carbonyl (C=O) groups excluding carboxylic acids is 1. The van der Waals surface area contributed by atoms with Crippen molar-refractivity contribution in [1.82, 2.24) is 0 Å². The standard InChI is InChI=1S/C18H36O2.C14H29NO/c1-17(2)15-13-11-9-7-5-3-4-6-8-10-12-14-16-18(19)20;1-4-5-6-7-8-9-10-11-12-14(2,3)13(15)16/h17H,3-16H2,1-2H3,(H,19,20);4-12H2,1-3H3,(H2,15,16). The van der Waals surface area contributed by atoms with Gasteiger partial charge < -0.3 is 10.8 Å². The van der Waals surface area contributed by atoms with E-state index in [1.165, 1.54) is 116 Å². The summed E-state index contributed by atoms with van der Waals surface area (Å²) in [5.41, 5.74) is 5.01. The topological polar surface area (TPSA) is 80.4 Å². The second-order valence-electron chi connectivity index (χ2n) is 12.0. The maximum absolute atomic E-state index is 11.1. The molecule has 0 radical (unpaired) electrons. The summed E-state index contributed by atoms with van der Waals surface area (Å²) in [6, 6.07) is 0. The lowest BCUT2D eigenvalue weighted by Gasteiger charge is -2.19. The predicted molar refractivity (Wildman–Crippen MR) is 157 cm³/mol. The van der Waals surface area contributed by atoms with E-state index in [1.54, 1.807) is 0 Å². The van der Waals surface area contributed by atoms with Crippen LogP contribution in [0.1, 0.15) is 182 Å². The van der Waals surface area contributed by atoms with Crippen molar-refractivity contribution in [3.63, 3.8) is 0 Å². The molecule has 216 valence electrons. The third-order valence-electron chi connectivity index (χ3n) is 7.24. The Morgan fingerprint density at radius 1 is 0.639 bits per heavy atom. The summed E-state index contributed by atoms with van der Waals surface area (Å²) in [6.07, 6.45) is 28.7. The summed E-state index contributed by atoms with van der Waals surface area (Å²) in [5.74, 6) is 0.0411. The molecule has 0 aliphatic heterocycles. The van der Waals surface area contributed by atoms with Crippen molar-refractivity contribution < 1.29 is 14.7 Å². The molecule has 0 fully saturated rings. The van der Waals surface area contributed by atoms with Gasteiger partial charge in [-0.25, -0.2) is 0 Å². The van der Waals surface area contributed by atoms with Crippen LogP contribution in [0.5, 0.6) is 0 Å². The van der Waals surface area contributed by atoms with E-state index in [9.17, 15) is 9.59 Å². The van der Waals surface area contributed by atoms with E-state index in [0.29, 0.717) is 6.42 Å². The highest BCUT2D eigenvalue weighted by atomic mass is 16.4. The molecule has 0 unspecified atom stereocenters. The Kier molecular flexibility index (Phi) is 27.8. The summed E-state index contributed by atoms with van der Waals surface area (Å²) < 4.78 is 0. The summed E-state index contributed by atoms with van der Waals surface area (Å²) >= 11 is 0. The van der Waals surface area contributed by atoms with E-state index in [-0.39, 0.29) is 11.3 Å². The highest BCUT2D eigenvalue weighted by molar-refractivity contribution is 5.79. The van der Waals surface area contributed by atoms with E-state index < -0.39 is 5.97 Å².